The van der Waals surface area contributed by atoms with Gasteiger partial charge in [0.2, 0.25) is 0 Å². The molecule has 1 N–H and O–H groups in total. The number of hydrogen-bond acceptors (Lipinski definition) is 1. The van der Waals surface area contributed by atoms with Crippen LogP contribution in [0.2, 0.25) is 0 Å². The van der Waals surface area contributed by atoms with Gasteiger partial charge in [-0.1, -0.05) is 0 Å². The van der Waals surface area contributed by atoms with Gasteiger partial charge in [0.1, 0.15) is 11.6 Å². The van der Waals surface area contributed by atoms with E-state index in [1.54, 1.807) is 0 Å². The van der Waals surface area contributed by atoms with Crippen LogP contribution >= 0.6 is 15.9 Å². The van der Waals surface area contributed by atoms with Gasteiger partial charge in [0, 0.05) is 16.6 Å². The van der Waals surface area contributed by atoms with E-state index in [4.69, 9.17) is 0 Å². The molecule has 1 aliphatic carbocycles. The Hall–Kier alpha value is -0.640. The van der Waals surface area contributed by atoms with Crippen LogP contribution in [0.1, 0.15) is 12.8 Å². The van der Waals surface area contributed by atoms with Crippen LogP contribution in [0.3, 0.4) is 0 Å². The Morgan fingerprint density at radius 2 is 2.00 bits per heavy atom. The summed E-state index contributed by atoms with van der Waals surface area (Å²) in [6.45, 7) is 0. The van der Waals surface area contributed by atoms with Crippen LogP contribution in [-0.4, -0.2) is 6.04 Å². The highest BCUT2D eigenvalue weighted by atomic mass is 79.9. The van der Waals surface area contributed by atoms with Crippen molar-refractivity contribution in [3.05, 3.63) is 28.2 Å². The van der Waals surface area contributed by atoms with Crippen molar-refractivity contribution in [1.29, 1.82) is 0 Å². The van der Waals surface area contributed by atoms with Crippen LogP contribution in [0, 0.1) is 11.6 Å². The van der Waals surface area contributed by atoms with Gasteiger partial charge in [-0.25, -0.2) is 8.78 Å². The quantitative estimate of drug-likeness (QED) is 0.846. The fraction of sp³-hybridized carbons (Fsp3) is 0.333. The number of rotatable bonds is 2. The van der Waals surface area contributed by atoms with Crippen molar-refractivity contribution >= 4 is 21.6 Å². The summed E-state index contributed by atoms with van der Waals surface area (Å²) in [5, 5.41) is 2.99. The van der Waals surface area contributed by atoms with Crippen molar-refractivity contribution in [3.8, 4) is 0 Å². The van der Waals surface area contributed by atoms with Crippen molar-refractivity contribution in [2.75, 3.05) is 5.32 Å². The number of halogens is 3. The highest BCUT2D eigenvalue weighted by molar-refractivity contribution is 9.10. The van der Waals surface area contributed by atoms with Crippen molar-refractivity contribution in [1.82, 2.24) is 0 Å². The number of benzene rings is 1. The minimum atomic E-state index is -0.564. The van der Waals surface area contributed by atoms with E-state index in [2.05, 4.69) is 21.2 Å². The lowest BCUT2D eigenvalue weighted by Gasteiger charge is -2.08. The summed E-state index contributed by atoms with van der Waals surface area (Å²) in [5.74, 6) is -1.11. The topological polar surface area (TPSA) is 12.0 Å². The van der Waals surface area contributed by atoms with Gasteiger partial charge < -0.3 is 5.32 Å². The molecule has 1 fully saturated rings. The molecule has 0 unspecified atom stereocenters. The Bertz CT molecular complexity index is 313. The molecule has 13 heavy (non-hydrogen) atoms. The van der Waals surface area contributed by atoms with Gasteiger partial charge in [-0.2, -0.15) is 0 Å². The highest BCUT2D eigenvalue weighted by Gasteiger charge is 2.23. The molecule has 0 spiro atoms. The van der Waals surface area contributed by atoms with E-state index in [9.17, 15) is 8.78 Å². The fourth-order valence-corrected chi connectivity index (χ4v) is 1.63. The lowest BCUT2D eigenvalue weighted by Crippen LogP contribution is -2.04. The summed E-state index contributed by atoms with van der Waals surface area (Å²) < 4.78 is 26.3. The largest absolute Gasteiger partial charge is 0.379 e. The monoisotopic (exact) mass is 247 g/mol. The third-order valence-electron chi connectivity index (χ3n) is 1.93. The van der Waals surface area contributed by atoms with E-state index >= 15 is 0 Å². The SMILES string of the molecule is Fc1cc(F)c(NC2CC2)c(Br)c1. The minimum Gasteiger partial charge on any atom is -0.379 e. The van der Waals surface area contributed by atoms with Gasteiger partial charge in [-0.15, -0.1) is 0 Å². The predicted molar refractivity (Wildman–Crippen MR) is 50.7 cm³/mol. The molecule has 0 amide bonds. The fourth-order valence-electron chi connectivity index (χ4n) is 1.11. The van der Waals surface area contributed by atoms with E-state index in [0.29, 0.717) is 16.2 Å². The molecule has 0 aromatic heterocycles. The summed E-state index contributed by atoms with van der Waals surface area (Å²) in [5.41, 5.74) is 0.365. The van der Waals surface area contributed by atoms with Crippen LogP contribution in [-0.2, 0) is 0 Å². The maximum Gasteiger partial charge on any atom is 0.150 e. The normalized spacial score (nSPS) is 15.9. The predicted octanol–water partition coefficient (Wildman–Crippen LogP) is 3.30. The van der Waals surface area contributed by atoms with Crippen molar-refractivity contribution in [3.63, 3.8) is 0 Å². The summed E-state index contributed by atoms with van der Waals surface area (Å²) in [4.78, 5) is 0. The van der Waals surface area contributed by atoms with E-state index in [0.717, 1.165) is 18.9 Å². The van der Waals surface area contributed by atoms with Gasteiger partial charge in [-0.05, 0) is 34.8 Å². The van der Waals surface area contributed by atoms with Crippen molar-refractivity contribution in [2.45, 2.75) is 18.9 Å². The van der Waals surface area contributed by atoms with E-state index in [1.165, 1.54) is 6.07 Å². The second-order valence-corrected chi connectivity index (χ2v) is 4.02. The molecule has 2 rings (SSSR count). The Balaban J connectivity index is 2.31. The van der Waals surface area contributed by atoms with Crippen molar-refractivity contribution < 1.29 is 8.78 Å². The van der Waals surface area contributed by atoms with Gasteiger partial charge in [-0.3, -0.25) is 0 Å². The first-order chi connectivity index (χ1) is 6.16. The smallest absolute Gasteiger partial charge is 0.150 e. The molecule has 0 atom stereocenters. The molecule has 0 bridgehead atoms. The maximum atomic E-state index is 13.2. The molecular weight excluding hydrogens is 240 g/mol. The molecule has 1 nitrogen and oxygen atoms in total. The Morgan fingerprint density at radius 3 is 2.54 bits per heavy atom. The van der Waals surface area contributed by atoms with Crippen LogP contribution in [0.4, 0.5) is 14.5 Å². The zero-order valence-corrected chi connectivity index (χ0v) is 8.37. The zero-order valence-electron chi connectivity index (χ0n) is 6.78. The third kappa shape index (κ3) is 1.99. The lowest BCUT2D eigenvalue weighted by molar-refractivity contribution is 0.583. The first-order valence-corrected chi connectivity index (χ1v) is 4.87. The molecule has 1 aliphatic rings. The molecule has 0 aliphatic heterocycles. The van der Waals surface area contributed by atoms with Gasteiger partial charge in [0.05, 0.1) is 5.69 Å². The van der Waals surface area contributed by atoms with Crippen LogP contribution in [0.25, 0.3) is 0 Å². The van der Waals surface area contributed by atoms with Crippen LogP contribution in [0.5, 0.6) is 0 Å². The molecular formula is C9H8BrF2N. The second kappa shape index (κ2) is 3.25. The van der Waals surface area contributed by atoms with Crippen LogP contribution < -0.4 is 5.32 Å². The molecule has 0 saturated heterocycles. The molecule has 4 heteroatoms. The van der Waals surface area contributed by atoms with Crippen molar-refractivity contribution in [2.24, 2.45) is 0 Å². The minimum absolute atomic E-state index is 0.358. The maximum absolute atomic E-state index is 13.2. The first kappa shape index (κ1) is 8.94. The van der Waals surface area contributed by atoms with Gasteiger partial charge >= 0.3 is 0 Å². The third-order valence-corrected chi connectivity index (χ3v) is 2.56. The highest BCUT2D eigenvalue weighted by Crippen LogP contribution is 2.32. The van der Waals surface area contributed by atoms with Gasteiger partial charge in [0.25, 0.3) is 0 Å². The van der Waals surface area contributed by atoms with Gasteiger partial charge in [0.15, 0.2) is 0 Å². The van der Waals surface area contributed by atoms with E-state index < -0.39 is 11.6 Å². The van der Waals surface area contributed by atoms with E-state index in [1.807, 2.05) is 0 Å². The summed E-state index contributed by atoms with van der Waals surface area (Å²) in [6, 6.07) is 2.50. The molecule has 1 saturated carbocycles. The number of anilines is 1. The van der Waals surface area contributed by atoms with Crippen LogP contribution in [0.15, 0.2) is 16.6 Å². The zero-order chi connectivity index (χ0) is 9.42. The Labute approximate surface area is 83.3 Å². The standard InChI is InChI=1S/C9H8BrF2N/c10-7-3-5(11)4-8(12)9(7)13-6-1-2-6/h3-4,6,13H,1-2H2. The average molecular weight is 248 g/mol. The summed E-state index contributed by atoms with van der Waals surface area (Å²) in [7, 11) is 0. The molecule has 70 valence electrons. The number of hydrogen-bond donors (Lipinski definition) is 1. The Morgan fingerprint density at radius 1 is 1.31 bits per heavy atom. The molecule has 1 aromatic carbocycles. The second-order valence-electron chi connectivity index (χ2n) is 3.16. The average Bonchev–Trinajstić information content (AvgIpc) is 2.79. The summed E-state index contributed by atoms with van der Waals surface area (Å²) >= 11 is 3.11. The lowest BCUT2D eigenvalue weighted by atomic mass is 10.3. The first-order valence-electron chi connectivity index (χ1n) is 4.08. The molecule has 0 heterocycles. The number of nitrogens with one attached hydrogen (secondary N) is 1. The Kier molecular flexibility index (Phi) is 2.24. The van der Waals surface area contributed by atoms with E-state index in [-0.39, 0.29) is 0 Å². The summed E-state index contributed by atoms with van der Waals surface area (Å²) in [6.07, 6.45) is 2.12. The molecule has 1 aromatic rings. The molecule has 0 radical (unpaired) electrons.